The molecule has 116 valence electrons. The van der Waals surface area contributed by atoms with Gasteiger partial charge in [0.15, 0.2) is 0 Å². The summed E-state index contributed by atoms with van der Waals surface area (Å²) in [6, 6.07) is 5.36. The van der Waals surface area contributed by atoms with Crippen molar-refractivity contribution in [3.8, 4) is 0 Å². The Kier molecular flexibility index (Phi) is 5.72. The monoisotopic (exact) mass is 318 g/mol. The molecule has 0 aliphatic rings. The summed E-state index contributed by atoms with van der Waals surface area (Å²) in [6.45, 7) is 4.88. The molecule has 0 aliphatic heterocycles. The molecule has 1 aromatic carbocycles. The number of carbonyl (C=O) groups excluding carboxylic acids is 1. The number of hydrogen-bond acceptors (Lipinski definition) is 4. The van der Waals surface area contributed by atoms with Gasteiger partial charge in [-0.05, 0) is 31.0 Å². The highest BCUT2D eigenvalue weighted by Crippen LogP contribution is 2.20. The maximum Gasteiger partial charge on any atom is 0.275 e. The van der Waals surface area contributed by atoms with Crippen molar-refractivity contribution in [3.05, 3.63) is 46.9 Å². The van der Waals surface area contributed by atoms with Crippen LogP contribution in [0, 0.1) is 6.92 Å². The summed E-state index contributed by atoms with van der Waals surface area (Å²) in [5, 5.41) is 6.51. The van der Waals surface area contributed by atoms with Gasteiger partial charge in [0.05, 0.1) is 12.4 Å². The van der Waals surface area contributed by atoms with Gasteiger partial charge in [-0.25, -0.2) is 9.97 Å². The Balaban J connectivity index is 1.98. The fourth-order valence-electron chi connectivity index (χ4n) is 1.80. The number of rotatable bonds is 6. The first-order valence-corrected chi connectivity index (χ1v) is 7.61. The highest BCUT2D eigenvalue weighted by Gasteiger charge is 2.09. The summed E-state index contributed by atoms with van der Waals surface area (Å²) < 4.78 is 0. The van der Waals surface area contributed by atoms with Gasteiger partial charge in [-0.1, -0.05) is 31.0 Å². The van der Waals surface area contributed by atoms with E-state index in [1.165, 1.54) is 6.20 Å². The number of anilines is 2. The van der Waals surface area contributed by atoms with Crippen LogP contribution in [0.15, 0.2) is 30.6 Å². The quantitative estimate of drug-likeness (QED) is 0.793. The number of nitrogens with one attached hydrogen (secondary N) is 2. The van der Waals surface area contributed by atoms with Crippen molar-refractivity contribution in [2.75, 3.05) is 17.2 Å². The lowest BCUT2D eigenvalue weighted by Crippen LogP contribution is -2.14. The molecule has 0 atom stereocenters. The molecular weight excluding hydrogens is 300 g/mol. The van der Waals surface area contributed by atoms with E-state index < -0.39 is 0 Å². The molecule has 5 nitrogen and oxygen atoms in total. The molecule has 0 spiro atoms. The van der Waals surface area contributed by atoms with E-state index in [4.69, 9.17) is 11.6 Å². The average molecular weight is 319 g/mol. The molecule has 2 N–H and O–H groups in total. The second-order valence-electron chi connectivity index (χ2n) is 4.99. The average Bonchev–Trinajstić information content (AvgIpc) is 2.52. The van der Waals surface area contributed by atoms with Crippen molar-refractivity contribution in [2.24, 2.45) is 0 Å². The van der Waals surface area contributed by atoms with Crippen LogP contribution >= 0.6 is 11.6 Å². The smallest absolute Gasteiger partial charge is 0.275 e. The Bertz CT molecular complexity index is 643. The Morgan fingerprint density at radius 1 is 1.27 bits per heavy atom. The molecule has 0 saturated carbocycles. The predicted molar refractivity (Wildman–Crippen MR) is 89.6 cm³/mol. The number of benzene rings is 1. The molecule has 0 radical (unpaired) electrons. The fraction of sp³-hybridized carbons (Fsp3) is 0.312. The second-order valence-corrected chi connectivity index (χ2v) is 5.39. The maximum absolute atomic E-state index is 12.1. The van der Waals surface area contributed by atoms with Crippen LogP contribution in [0.3, 0.4) is 0 Å². The molecular formula is C16H19ClN4O. The Labute approximate surface area is 135 Å². The van der Waals surface area contributed by atoms with E-state index in [2.05, 4.69) is 27.5 Å². The number of nitrogens with zero attached hydrogens (tertiary/aromatic N) is 2. The third kappa shape index (κ3) is 4.43. The van der Waals surface area contributed by atoms with Gasteiger partial charge in [-0.15, -0.1) is 0 Å². The van der Waals surface area contributed by atoms with E-state index in [1.54, 1.807) is 18.3 Å². The minimum atomic E-state index is -0.312. The van der Waals surface area contributed by atoms with E-state index in [0.717, 1.165) is 24.9 Å². The third-order valence-corrected chi connectivity index (χ3v) is 3.56. The summed E-state index contributed by atoms with van der Waals surface area (Å²) >= 11 is 6.04. The first kappa shape index (κ1) is 16.2. The zero-order valence-electron chi connectivity index (χ0n) is 12.7. The number of hydrogen-bond donors (Lipinski definition) is 2. The fourth-order valence-corrected chi connectivity index (χ4v) is 1.98. The van der Waals surface area contributed by atoms with Crippen LogP contribution < -0.4 is 10.6 Å². The van der Waals surface area contributed by atoms with Gasteiger partial charge in [0.2, 0.25) is 0 Å². The third-order valence-electron chi connectivity index (χ3n) is 3.15. The lowest BCUT2D eigenvalue weighted by atomic mass is 10.2. The van der Waals surface area contributed by atoms with Crippen molar-refractivity contribution < 1.29 is 4.79 Å². The second kappa shape index (κ2) is 7.75. The normalized spacial score (nSPS) is 10.3. The van der Waals surface area contributed by atoms with Crippen molar-refractivity contribution in [1.29, 1.82) is 0 Å². The van der Waals surface area contributed by atoms with Gasteiger partial charge in [0.1, 0.15) is 11.5 Å². The standard InChI is InChI=1S/C16H19ClN4O/c1-3-4-7-18-15-10-19-14(9-20-15)16(22)21-12-6-5-11(2)13(17)8-12/h5-6,8-10H,3-4,7H2,1-2H3,(H,18,20)(H,21,22). The molecule has 0 aliphatic carbocycles. The minimum Gasteiger partial charge on any atom is -0.369 e. The molecule has 0 bridgehead atoms. The summed E-state index contributed by atoms with van der Waals surface area (Å²) in [5.74, 6) is 0.357. The number of carbonyl (C=O) groups is 1. The van der Waals surface area contributed by atoms with Gasteiger partial charge in [0, 0.05) is 17.3 Å². The summed E-state index contributed by atoms with van der Waals surface area (Å²) in [6.07, 6.45) is 5.20. The van der Waals surface area contributed by atoms with Crippen LogP contribution in [0.2, 0.25) is 5.02 Å². The molecule has 2 rings (SSSR count). The van der Waals surface area contributed by atoms with Crippen molar-refractivity contribution in [3.63, 3.8) is 0 Å². The zero-order chi connectivity index (χ0) is 15.9. The molecule has 2 aromatic rings. The first-order chi connectivity index (χ1) is 10.6. The van der Waals surface area contributed by atoms with E-state index in [0.29, 0.717) is 16.5 Å². The predicted octanol–water partition coefficient (Wildman–Crippen LogP) is 3.90. The summed E-state index contributed by atoms with van der Waals surface area (Å²) in [7, 11) is 0. The van der Waals surface area contributed by atoms with Crippen LogP contribution in [0.4, 0.5) is 11.5 Å². The van der Waals surface area contributed by atoms with Crippen molar-refractivity contribution >= 4 is 29.0 Å². The molecule has 0 saturated heterocycles. The maximum atomic E-state index is 12.1. The van der Waals surface area contributed by atoms with Gasteiger partial charge >= 0.3 is 0 Å². The van der Waals surface area contributed by atoms with Gasteiger partial charge in [0.25, 0.3) is 5.91 Å². The largest absolute Gasteiger partial charge is 0.369 e. The van der Waals surface area contributed by atoms with Gasteiger partial charge in [-0.3, -0.25) is 4.79 Å². The summed E-state index contributed by atoms with van der Waals surface area (Å²) in [5.41, 5.74) is 1.85. The molecule has 22 heavy (non-hydrogen) atoms. The van der Waals surface area contributed by atoms with E-state index in [1.807, 2.05) is 13.0 Å². The lowest BCUT2D eigenvalue weighted by molar-refractivity contribution is 0.102. The number of unbranched alkanes of at least 4 members (excludes halogenated alkanes) is 1. The van der Waals surface area contributed by atoms with Gasteiger partial charge < -0.3 is 10.6 Å². The highest BCUT2D eigenvalue weighted by atomic mass is 35.5. The molecule has 1 amide bonds. The number of aryl methyl sites for hydroxylation is 1. The zero-order valence-corrected chi connectivity index (χ0v) is 13.4. The van der Waals surface area contributed by atoms with Crippen LogP contribution in [0.25, 0.3) is 0 Å². The number of aromatic nitrogens is 2. The number of halogens is 1. The SMILES string of the molecule is CCCCNc1cnc(C(=O)Nc2ccc(C)c(Cl)c2)cn1. The van der Waals surface area contributed by atoms with Crippen molar-refractivity contribution in [2.45, 2.75) is 26.7 Å². The van der Waals surface area contributed by atoms with E-state index in [9.17, 15) is 4.79 Å². The highest BCUT2D eigenvalue weighted by molar-refractivity contribution is 6.31. The first-order valence-electron chi connectivity index (χ1n) is 7.23. The van der Waals surface area contributed by atoms with Crippen LogP contribution in [-0.2, 0) is 0 Å². The van der Waals surface area contributed by atoms with Crippen LogP contribution in [0.1, 0.15) is 35.8 Å². The van der Waals surface area contributed by atoms with E-state index in [-0.39, 0.29) is 11.6 Å². The summed E-state index contributed by atoms with van der Waals surface area (Å²) in [4.78, 5) is 20.4. The van der Waals surface area contributed by atoms with Crippen molar-refractivity contribution in [1.82, 2.24) is 9.97 Å². The van der Waals surface area contributed by atoms with Crippen LogP contribution in [0.5, 0.6) is 0 Å². The van der Waals surface area contributed by atoms with Gasteiger partial charge in [-0.2, -0.15) is 0 Å². The van der Waals surface area contributed by atoms with E-state index >= 15 is 0 Å². The Morgan fingerprint density at radius 2 is 2.09 bits per heavy atom. The molecule has 1 heterocycles. The Morgan fingerprint density at radius 3 is 2.73 bits per heavy atom. The Hall–Kier alpha value is -2.14. The minimum absolute atomic E-state index is 0.262. The molecule has 1 aromatic heterocycles. The van der Waals surface area contributed by atoms with Crippen LogP contribution in [-0.4, -0.2) is 22.4 Å². The topological polar surface area (TPSA) is 66.9 Å². The molecule has 0 unspecified atom stereocenters. The number of amides is 1. The molecule has 6 heteroatoms. The molecule has 0 fully saturated rings. The lowest BCUT2D eigenvalue weighted by Gasteiger charge is -2.07.